The van der Waals surface area contributed by atoms with Crippen LogP contribution in [0.1, 0.15) is 28.7 Å². The summed E-state index contributed by atoms with van der Waals surface area (Å²) in [6.45, 7) is 2.93. The Morgan fingerprint density at radius 1 is 1.35 bits per heavy atom. The number of thiazole rings is 1. The summed E-state index contributed by atoms with van der Waals surface area (Å²) in [5.74, 6) is 0.0833. The van der Waals surface area contributed by atoms with Crippen molar-refractivity contribution >= 4 is 17.1 Å². The molecule has 118 valence electrons. The van der Waals surface area contributed by atoms with Crippen molar-refractivity contribution in [1.29, 1.82) is 0 Å². The van der Waals surface area contributed by atoms with E-state index >= 15 is 0 Å². The lowest BCUT2D eigenvalue weighted by atomic mass is 10.2. The van der Waals surface area contributed by atoms with E-state index in [9.17, 15) is 4.79 Å². The van der Waals surface area contributed by atoms with Gasteiger partial charge in [-0.3, -0.25) is 14.8 Å². The molecule has 0 aliphatic rings. The van der Waals surface area contributed by atoms with Crippen LogP contribution in [0.2, 0.25) is 0 Å². The number of aromatic nitrogens is 4. The second-order valence-electron chi connectivity index (χ2n) is 5.23. The van der Waals surface area contributed by atoms with Crippen LogP contribution >= 0.6 is 11.3 Å². The Morgan fingerprint density at radius 3 is 2.91 bits per heavy atom. The molecule has 0 radical (unpaired) electrons. The summed E-state index contributed by atoms with van der Waals surface area (Å²) in [5.41, 5.74) is 3.57. The number of carbonyl (C=O) groups excluding carboxylic acids is 1. The van der Waals surface area contributed by atoms with E-state index in [-0.39, 0.29) is 5.78 Å². The van der Waals surface area contributed by atoms with Gasteiger partial charge in [0.1, 0.15) is 10.7 Å². The van der Waals surface area contributed by atoms with Crippen LogP contribution in [0, 0.1) is 0 Å². The standard InChI is InChI=1S/C16H17N5OS/c1-11(22)12-5-14(21(2)9-12)7-18-6-13-10-23-16(20-13)15-8-17-3-4-19-15/h3-5,8-10,18H,6-7H2,1-2H3. The summed E-state index contributed by atoms with van der Waals surface area (Å²) in [6.07, 6.45) is 6.88. The van der Waals surface area contributed by atoms with Crippen molar-refractivity contribution in [2.75, 3.05) is 0 Å². The molecule has 0 fully saturated rings. The minimum atomic E-state index is 0.0833. The molecule has 3 rings (SSSR count). The zero-order valence-corrected chi connectivity index (χ0v) is 13.8. The number of rotatable bonds is 6. The normalized spacial score (nSPS) is 10.9. The Balaban J connectivity index is 1.59. The number of carbonyl (C=O) groups is 1. The van der Waals surface area contributed by atoms with Crippen molar-refractivity contribution in [2.24, 2.45) is 7.05 Å². The maximum atomic E-state index is 11.4. The number of hydrogen-bond acceptors (Lipinski definition) is 6. The SMILES string of the molecule is CC(=O)c1cc(CNCc2csc(-c3cnccn3)n2)n(C)c1. The van der Waals surface area contributed by atoms with Crippen molar-refractivity contribution in [3.8, 4) is 10.7 Å². The second-order valence-corrected chi connectivity index (χ2v) is 6.08. The zero-order chi connectivity index (χ0) is 16.2. The molecule has 0 bridgehead atoms. The van der Waals surface area contributed by atoms with Gasteiger partial charge in [0, 0.05) is 55.4 Å². The molecule has 0 aliphatic carbocycles. The summed E-state index contributed by atoms with van der Waals surface area (Å²) in [4.78, 5) is 24.3. The van der Waals surface area contributed by atoms with E-state index in [0.29, 0.717) is 13.1 Å². The van der Waals surface area contributed by atoms with Crippen LogP contribution in [0.5, 0.6) is 0 Å². The highest BCUT2D eigenvalue weighted by Crippen LogP contribution is 2.20. The topological polar surface area (TPSA) is 72.7 Å². The van der Waals surface area contributed by atoms with Crippen molar-refractivity contribution in [1.82, 2.24) is 24.8 Å². The van der Waals surface area contributed by atoms with Gasteiger partial charge in [-0.05, 0) is 13.0 Å². The van der Waals surface area contributed by atoms with Crippen molar-refractivity contribution in [3.05, 3.63) is 53.2 Å². The van der Waals surface area contributed by atoms with E-state index in [0.717, 1.165) is 27.7 Å². The zero-order valence-electron chi connectivity index (χ0n) is 13.0. The third-order valence-corrected chi connectivity index (χ3v) is 4.37. The maximum Gasteiger partial charge on any atom is 0.161 e. The quantitative estimate of drug-likeness (QED) is 0.704. The van der Waals surface area contributed by atoms with Crippen LogP contribution in [0.25, 0.3) is 10.7 Å². The third kappa shape index (κ3) is 3.69. The molecule has 0 amide bonds. The van der Waals surface area contributed by atoms with Gasteiger partial charge < -0.3 is 9.88 Å². The van der Waals surface area contributed by atoms with Crippen LogP contribution in [0.3, 0.4) is 0 Å². The molecular weight excluding hydrogens is 310 g/mol. The molecular formula is C16H17N5OS. The first kappa shape index (κ1) is 15.5. The van der Waals surface area contributed by atoms with E-state index in [1.54, 1.807) is 36.9 Å². The molecule has 7 heteroatoms. The average molecular weight is 327 g/mol. The summed E-state index contributed by atoms with van der Waals surface area (Å²) in [6, 6.07) is 1.92. The molecule has 3 aromatic rings. The monoisotopic (exact) mass is 327 g/mol. The van der Waals surface area contributed by atoms with Gasteiger partial charge in [0.25, 0.3) is 0 Å². The Morgan fingerprint density at radius 2 is 2.22 bits per heavy atom. The largest absolute Gasteiger partial charge is 0.353 e. The van der Waals surface area contributed by atoms with Crippen LogP contribution < -0.4 is 5.32 Å². The fourth-order valence-corrected chi connectivity index (χ4v) is 2.99. The lowest BCUT2D eigenvalue weighted by molar-refractivity contribution is 0.101. The van der Waals surface area contributed by atoms with Crippen LogP contribution in [-0.2, 0) is 20.1 Å². The Bertz CT molecular complexity index is 809. The average Bonchev–Trinajstić information content (AvgIpc) is 3.16. The molecule has 3 heterocycles. The Labute approximate surface area is 138 Å². The van der Waals surface area contributed by atoms with Crippen molar-refractivity contribution < 1.29 is 4.79 Å². The third-order valence-electron chi connectivity index (χ3n) is 3.46. The van der Waals surface area contributed by atoms with Crippen LogP contribution in [0.15, 0.2) is 36.2 Å². The summed E-state index contributed by atoms with van der Waals surface area (Å²) < 4.78 is 1.97. The minimum Gasteiger partial charge on any atom is -0.353 e. The number of aryl methyl sites for hydroxylation is 1. The highest BCUT2D eigenvalue weighted by molar-refractivity contribution is 7.13. The molecule has 0 aliphatic heterocycles. The predicted molar refractivity (Wildman–Crippen MR) is 89.1 cm³/mol. The molecule has 23 heavy (non-hydrogen) atoms. The van der Waals surface area contributed by atoms with Crippen LogP contribution in [0.4, 0.5) is 0 Å². The van der Waals surface area contributed by atoms with Gasteiger partial charge in [-0.1, -0.05) is 0 Å². The fourth-order valence-electron chi connectivity index (χ4n) is 2.21. The van der Waals surface area contributed by atoms with E-state index in [1.165, 1.54) is 0 Å². The lowest BCUT2D eigenvalue weighted by Crippen LogP contribution is -2.14. The predicted octanol–water partition coefficient (Wildman–Crippen LogP) is 2.43. The van der Waals surface area contributed by atoms with E-state index in [4.69, 9.17) is 0 Å². The minimum absolute atomic E-state index is 0.0833. The maximum absolute atomic E-state index is 11.4. The molecule has 0 saturated carbocycles. The van der Waals surface area contributed by atoms with Gasteiger partial charge in [0.15, 0.2) is 5.78 Å². The Kier molecular flexibility index (Phi) is 4.59. The molecule has 0 aromatic carbocycles. The van der Waals surface area contributed by atoms with Gasteiger partial charge in [0.2, 0.25) is 0 Å². The van der Waals surface area contributed by atoms with E-state index in [2.05, 4.69) is 20.3 Å². The summed E-state index contributed by atoms with van der Waals surface area (Å²) in [7, 11) is 1.94. The molecule has 6 nitrogen and oxygen atoms in total. The molecule has 0 spiro atoms. The number of Topliss-reactive ketones (excluding diaryl/α,β-unsaturated/α-hetero) is 1. The summed E-state index contributed by atoms with van der Waals surface area (Å²) >= 11 is 1.56. The van der Waals surface area contributed by atoms with Gasteiger partial charge in [-0.25, -0.2) is 4.98 Å². The van der Waals surface area contributed by atoms with E-state index in [1.807, 2.05) is 29.3 Å². The molecule has 1 N–H and O–H groups in total. The van der Waals surface area contributed by atoms with Gasteiger partial charge >= 0.3 is 0 Å². The first-order chi connectivity index (χ1) is 11.1. The first-order valence-corrected chi connectivity index (χ1v) is 8.09. The van der Waals surface area contributed by atoms with Gasteiger partial charge in [0.05, 0.1) is 11.9 Å². The number of hydrogen-bond donors (Lipinski definition) is 1. The molecule has 0 atom stereocenters. The Hall–Kier alpha value is -2.38. The smallest absolute Gasteiger partial charge is 0.161 e. The molecule has 0 saturated heterocycles. The number of nitrogens with one attached hydrogen (secondary N) is 1. The van der Waals surface area contributed by atoms with Crippen molar-refractivity contribution in [2.45, 2.75) is 20.0 Å². The number of nitrogens with zero attached hydrogens (tertiary/aromatic N) is 4. The lowest BCUT2D eigenvalue weighted by Gasteiger charge is -2.04. The van der Waals surface area contributed by atoms with Crippen LogP contribution in [-0.4, -0.2) is 25.3 Å². The first-order valence-electron chi connectivity index (χ1n) is 7.21. The highest BCUT2D eigenvalue weighted by atomic mass is 32.1. The van der Waals surface area contributed by atoms with Gasteiger partial charge in [-0.15, -0.1) is 11.3 Å². The second kappa shape index (κ2) is 6.80. The van der Waals surface area contributed by atoms with E-state index < -0.39 is 0 Å². The summed E-state index contributed by atoms with van der Waals surface area (Å²) in [5, 5.41) is 6.24. The fraction of sp³-hybridized carbons (Fsp3) is 0.250. The molecule has 3 aromatic heterocycles. The van der Waals surface area contributed by atoms with Crippen molar-refractivity contribution in [3.63, 3.8) is 0 Å². The molecule has 0 unspecified atom stereocenters. The number of ketones is 1. The highest BCUT2D eigenvalue weighted by Gasteiger charge is 2.08. The van der Waals surface area contributed by atoms with Gasteiger partial charge in [-0.2, -0.15) is 0 Å².